The van der Waals surface area contributed by atoms with Crippen molar-refractivity contribution < 1.29 is 23.8 Å². The maximum absolute atomic E-state index is 12.2. The van der Waals surface area contributed by atoms with Crippen LogP contribution in [0.1, 0.15) is 27.7 Å². The van der Waals surface area contributed by atoms with Crippen LogP contribution in [0.2, 0.25) is 0 Å². The lowest BCUT2D eigenvalue weighted by molar-refractivity contribution is -0.143. The Bertz CT molecular complexity index is 445. The van der Waals surface area contributed by atoms with Crippen molar-refractivity contribution in [1.29, 1.82) is 0 Å². The summed E-state index contributed by atoms with van der Waals surface area (Å²) in [5, 5.41) is 0. The number of ether oxygens (including phenoxy) is 3. The van der Waals surface area contributed by atoms with E-state index in [2.05, 4.69) is 0 Å². The zero-order valence-electron chi connectivity index (χ0n) is 12.9. The van der Waals surface area contributed by atoms with Gasteiger partial charge in [-0.2, -0.15) is 0 Å². The zero-order chi connectivity index (χ0) is 15.6. The first-order valence-electron chi connectivity index (χ1n) is 7.32. The average Bonchev–Trinajstić information content (AvgIpc) is 3.02. The SMILES string of the molecule is CC(C)COC(=O)C1=C(C(=O)OCC(C)C)C2C=CC1O2. The lowest BCUT2D eigenvalue weighted by Crippen LogP contribution is -2.24. The molecule has 2 atom stereocenters. The minimum atomic E-state index is -0.490. The van der Waals surface area contributed by atoms with E-state index < -0.39 is 24.1 Å². The molecule has 0 aromatic carbocycles. The number of hydrogen-bond acceptors (Lipinski definition) is 5. The fourth-order valence-electron chi connectivity index (χ4n) is 2.18. The Morgan fingerprint density at radius 3 is 1.67 bits per heavy atom. The maximum Gasteiger partial charge on any atom is 0.337 e. The van der Waals surface area contributed by atoms with Gasteiger partial charge < -0.3 is 14.2 Å². The molecule has 21 heavy (non-hydrogen) atoms. The summed E-state index contributed by atoms with van der Waals surface area (Å²) in [5.41, 5.74) is 0.578. The summed E-state index contributed by atoms with van der Waals surface area (Å²) < 4.78 is 16.0. The van der Waals surface area contributed by atoms with Gasteiger partial charge in [0.05, 0.1) is 24.4 Å². The van der Waals surface area contributed by atoms with E-state index in [4.69, 9.17) is 14.2 Å². The van der Waals surface area contributed by atoms with Gasteiger partial charge in [0, 0.05) is 0 Å². The normalized spacial score (nSPS) is 23.3. The Morgan fingerprint density at radius 2 is 1.33 bits per heavy atom. The molecule has 0 saturated heterocycles. The monoisotopic (exact) mass is 294 g/mol. The molecule has 0 saturated carbocycles. The molecule has 0 spiro atoms. The third-order valence-corrected chi connectivity index (χ3v) is 3.15. The molecular weight excluding hydrogens is 272 g/mol. The number of hydrogen-bond donors (Lipinski definition) is 0. The van der Waals surface area contributed by atoms with Gasteiger partial charge >= 0.3 is 11.9 Å². The molecule has 0 aliphatic carbocycles. The Morgan fingerprint density at radius 1 is 0.952 bits per heavy atom. The van der Waals surface area contributed by atoms with Crippen LogP contribution in [-0.4, -0.2) is 37.4 Å². The van der Waals surface area contributed by atoms with E-state index in [1.54, 1.807) is 12.2 Å². The Kier molecular flexibility index (Phi) is 4.83. The van der Waals surface area contributed by atoms with Crippen LogP contribution in [0.4, 0.5) is 0 Å². The minimum Gasteiger partial charge on any atom is -0.462 e. The minimum absolute atomic E-state index is 0.237. The first kappa shape index (κ1) is 15.8. The molecule has 0 fully saturated rings. The summed E-state index contributed by atoms with van der Waals surface area (Å²) in [6, 6.07) is 0. The van der Waals surface area contributed by atoms with Gasteiger partial charge in [-0.3, -0.25) is 0 Å². The number of carbonyl (C=O) groups is 2. The molecule has 2 aliphatic rings. The van der Waals surface area contributed by atoms with E-state index in [-0.39, 0.29) is 23.0 Å². The summed E-state index contributed by atoms with van der Waals surface area (Å²) in [4.78, 5) is 24.4. The van der Waals surface area contributed by atoms with Crippen LogP contribution < -0.4 is 0 Å². The molecule has 2 aliphatic heterocycles. The summed E-state index contributed by atoms with van der Waals surface area (Å²) in [5.74, 6) is -0.504. The van der Waals surface area contributed by atoms with E-state index in [0.717, 1.165) is 0 Å². The van der Waals surface area contributed by atoms with Gasteiger partial charge in [0.2, 0.25) is 0 Å². The van der Waals surface area contributed by atoms with E-state index in [1.807, 2.05) is 27.7 Å². The van der Waals surface area contributed by atoms with Gasteiger partial charge in [0.1, 0.15) is 12.2 Å². The Hall–Kier alpha value is -1.62. The van der Waals surface area contributed by atoms with E-state index in [0.29, 0.717) is 13.2 Å². The van der Waals surface area contributed by atoms with E-state index >= 15 is 0 Å². The first-order valence-corrected chi connectivity index (χ1v) is 7.32. The number of rotatable bonds is 6. The highest BCUT2D eigenvalue weighted by atomic mass is 16.6. The van der Waals surface area contributed by atoms with Crippen molar-refractivity contribution in [3.63, 3.8) is 0 Å². The van der Waals surface area contributed by atoms with Crippen LogP contribution >= 0.6 is 0 Å². The molecule has 0 radical (unpaired) electrons. The second-order valence-corrected chi connectivity index (χ2v) is 6.17. The maximum atomic E-state index is 12.2. The number of fused-ring (bicyclic) bond motifs is 2. The van der Waals surface area contributed by atoms with Gasteiger partial charge in [-0.25, -0.2) is 9.59 Å². The van der Waals surface area contributed by atoms with Crippen molar-refractivity contribution in [2.24, 2.45) is 11.8 Å². The summed E-state index contributed by atoms with van der Waals surface area (Å²) in [7, 11) is 0. The average molecular weight is 294 g/mol. The van der Waals surface area contributed by atoms with Crippen molar-refractivity contribution in [3.8, 4) is 0 Å². The molecule has 5 nitrogen and oxygen atoms in total. The Balaban J connectivity index is 2.13. The third-order valence-electron chi connectivity index (χ3n) is 3.15. The van der Waals surface area contributed by atoms with Gasteiger partial charge in [-0.1, -0.05) is 39.8 Å². The Labute approximate surface area is 124 Å². The summed E-state index contributed by atoms with van der Waals surface area (Å²) in [6.45, 7) is 8.45. The van der Waals surface area contributed by atoms with Crippen LogP contribution in [0.5, 0.6) is 0 Å². The highest BCUT2D eigenvalue weighted by Gasteiger charge is 2.44. The standard InChI is InChI=1S/C16H22O5/c1-9(2)7-19-15(17)13-11-5-6-12(21-11)14(13)16(18)20-8-10(3)4/h5-6,9-12H,7-8H2,1-4H3. The van der Waals surface area contributed by atoms with Crippen molar-refractivity contribution >= 4 is 11.9 Å². The molecule has 0 amide bonds. The molecule has 2 heterocycles. The van der Waals surface area contributed by atoms with Crippen LogP contribution in [0.3, 0.4) is 0 Å². The molecule has 5 heteroatoms. The smallest absolute Gasteiger partial charge is 0.337 e. The molecule has 116 valence electrons. The van der Waals surface area contributed by atoms with Crippen LogP contribution in [0, 0.1) is 11.8 Å². The summed E-state index contributed by atoms with van der Waals surface area (Å²) in [6.07, 6.45) is 2.57. The van der Waals surface area contributed by atoms with Crippen molar-refractivity contribution in [2.75, 3.05) is 13.2 Å². The lowest BCUT2D eigenvalue weighted by atomic mass is 9.97. The highest BCUT2D eigenvalue weighted by Crippen LogP contribution is 2.35. The third kappa shape index (κ3) is 3.53. The molecular formula is C16H22O5. The highest BCUT2D eigenvalue weighted by molar-refractivity contribution is 6.04. The van der Waals surface area contributed by atoms with E-state index in [9.17, 15) is 9.59 Å². The second kappa shape index (κ2) is 6.43. The topological polar surface area (TPSA) is 61.8 Å². The van der Waals surface area contributed by atoms with Gasteiger partial charge in [-0.15, -0.1) is 0 Å². The van der Waals surface area contributed by atoms with Crippen molar-refractivity contribution in [1.82, 2.24) is 0 Å². The van der Waals surface area contributed by atoms with Gasteiger partial charge in [0.15, 0.2) is 0 Å². The van der Waals surface area contributed by atoms with Crippen LogP contribution in [0.15, 0.2) is 23.3 Å². The second-order valence-electron chi connectivity index (χ2n) is 6.17. The largest absolute Gasteiger partial charge is 0.462 e. The molecule has 2 unspecified atom stereocenters. The number of carbonyl (C=O) groups excluding carboxylic acids is 2. The van der Waals surface area contributed by atoms with Gasteiger partial charge in [-0.05, 0) is 11.8 Å². The van der Waals surface area contributed by atoms with Gasteiger partial charge in [0.25, 0.3) is 0 Å². The number of esters is 2. The zero-order valence-corrected chi connectivity index (χ0v) is 12.9. The fraction of sp³-hybridized carbons (Fsp3) is 0.625. The van der Waals surface area contributed by atoms with E-state index in [1.165, 1.54) is 0 Å². The molecule has 2 rings (SSSR count). The molecule has 2 bridgehead atoms. The van der Waals surface area contributed by atoms with Crippen molar-refractivity contribution in [2.45, 2.75) is 39.9 Å². The van der Waals surface area contributed by atoms with Crippen molar-refractivity contribution in [3.05, 3.63) is 23.3 Å². The predicted molar refractivity (Wildman–Crippen MR) is 76.4 cm³/mol. The van der Waals surface area contributed by atoms with Crippen LogP contribution in [0.25, 0.3) is 0 Å². The molecule has 0 aromatic heterocycles. The van der Waals surface area contributed by atoms with Crippen LogP contribution in [-0.2, 0) is 23.8 Å². The predicted octanol–water partition coefficient (Wildman–Crippen LogP) is 2.02. The lowest BCUT2D eigenvalue weighted by Gasteiger charge is -2.14. The first-order chi connectivity index (χ1) is 9.90. The molecule has 0 N–H and O–H groups in total. The molecule has 0 aromatic rings. The summed E-state index contributed by atoms with van der Waals surface area (Å²) >= 11 is 0. The fourth-order valence-corrected chi connectivity index (χ4v) is 2.18. The quantitative estimate of drug-likeness (QED) is 0.554.